The van der Waals surface area contributed by atoms with Crippen LogP contribution < -0.4 is 0 Å². The molecule has 0 aromatic carbocycles. The molecule has 4 aliphatic rings. The lowest BCUT2D eigenvalue weighted by molar-refractivity contribution is -0.148. The van der Waals surface area contributed by atoms with E-state index in [0.29, 0.717) is 12.1 Å². The van der Waals surface area contributed by atoms with E-state index in [9.17, 15) is 4.79 Å². The minimum Gasteiger partial charge on any atom is -0.370 e. The third-order valence-electron chi connectivity index (χ3n) is 6.91. The number of hydrogen-bond donors (Lipinski definition) is 0. The standard InChI is InChI=1S/C19H27NO2/c1-13-5-6-14(2)20(13)16-11-17(4)9-10-22-19(17)8-7-18(19,12-16)15(3)21/h7-8,12-14H,5-6,9-11H2,1-4H3/t13-,14-,17-,18-,19-/m1/s1. The van der Waals surface area contributed by atoms with E-state index in [1.54, 1.807) is 6.92 Å². The maximum atomic E-state index is 12.6. The predicted molar refractivity (Wildman–Crippen MR) is 86.4 cm³/mol. The van der Waals surface area contributed by atoms with Crippen molar-refractivity contribution in [2.45, 2.75) is 71.1 Å². The molecule has 3 heteroatoms. The van der Waals surface area contributed by atoms with E-state index in [1.807, 2.05) is 0 Å². The zero-order chi connectivity index (χ0) is 15.8. The molecule has 2 saturated heterocycles. The first kappa shape index (κ1) is 14.5. The molecule has 120 valence electrons. The van der Waals surface area contributed by atoms with Crippen LogP contribution in [0.4, 0.5) is 0 Å². The Morgan fingerprint density at radius 2 is 1.95 bits per heavy atom. The fourth-order valence-corrected chi connectivity index (χ4v) is 5.58. The largest absolute Gasteiger partial charge is 0.370 e. The molecule has 22 heavy (non-hydrogen) atoms. The molecule has 0 aromatic heterocycles. The Kier molecular flexibility index (Phi) is 2.80. The number of allylic oxidation sites excluding steroid dienone is 1. The van der Waals surface area contributed by atoms with Crippen LogP contribution in [0, 0.1) is 10.8 Å². The first-order valence-corrected chi connectivity index (χ1v) is 8.71. The summed E-state index contributed by atoms with van der Waals surface area (Å²) in [6.45, 7) is 9.44. The average molecular weight is 301 g/mol. The highest BCUT2D eigenvalue weighted by Crippen LogP contribution is 2.66. The van der Waals surface area contributed by atoms with Gasteiger partial charge in [-0.2, -0.15) is 0 Å². The molecule has 2 fully saturated rings. The smallest absolute Gasteiger partial charge is 0.146 e. The topological polar surface area (TPSA) is 29.5 Å². The highest BCUT2D eigenvalue weighted by Gasteiger charge is 2.70. The average Bonchev–Trinajstić information content (AvgIpc) is 2.95. The zero-order valence-electron chi connectivity index (χ0n) is 14.2. The van der Waals surface area contributed by atoms with Crippen LogP contribution in [0.2, 0.25) is 0 Å². The molecule has 2 aliphatic carbocycles. The Labute approximate surface area is 133 Å². The van der Waals surface area contributed by atoms with Gasteiger partial charge in [0, 0.05) is 29.8 Å². The van der Waals surface area contributed by atoms with Gasteiger partial charge in [-0.05, 0) is 52.5 Å². The van der Waals surface area contributed by atoms with Crippen molar-refractivity contribution in [2.24, 2.45) is 10.8 Å². The third kappa shape index (κ3) is 1.44. The normalized spacial score (nSPS) is 49.5. The number of hydrogen-bond acceptors (Lipinski definition) is 3. The number of Topliss-reactive ketones (excluding diaryl/α,β-unsaturated/α-hetero) is 1. The summed E-state index contributed by atoms with van der Waals surface area (Å²) in [6.07, 6.45) is 11.1. The molecule has 0 saturated carbocycles. The lowest BCUT2D eigenvalue weighted by Gasteiger charge is -2.59. The van der Waals surface area contributed by atoms with Gasteiger partial charge in [0.15, 0.2) is 0 Å². The summed E-state index contributed by atoms with van der Waals surface area (Å²) < 4.78 is 6.21. The van der Waals surface area contributed by atoms with E-state index in [0.717, 1.165) is 19.4 Å². The molecule has 4 rings (SSSR count). The van der Waals surface area contributed by atoms with Crippen molar-refractivity contribution >= 4 is 5.78 Å². The van der Waals surface area contributed by atoms with Gasteiger partial charge in [-0.25, -0.2) is 0 Å². The number of ketones is 1. The van der Waals surface area contributed by atoms with Gasteiger partial charge in [0.05, 0.1) is 5.41 Å². The van der Waals surface area contributed by atoms with Gasteiger partial charge in [0.1, 0.15) is 11.4 Å². The minimum atomic E-state index is -0.534. The van der Waals surface area contributed by atoms with Gasteiger partial charge < -0.3 is 9.64 Å². The predicted octanol–water partition coefficient (Wildman–Crippen LogP) is 3.46. The van der Waals surface area contributed by atoms with Gasteiger partial charge in [-0.15, -0.1) is 0 Å². The van der Waals surface area contributed by atoms with Crippen molar-refractivity contribution in [1.82, 2.24) is 4.90 Å². The molecule has 0 N–H and O–H groups in total. The summed E-state index contributed by atoms with van der Waals surface area (Å²) in [7, 11) is 0. The molecule has 0 bridgehead atoms. The van der Waals surface area contributed by atoms with E-state index in [2.05, 4.69) is 43.9 Å². The number of nitrogens with zero attached hydrogens (tertiary/aromatic N) is 1. The fourth-order valence-electron chi connectivity index (χ4n) is 5.58. The Hall–Kier alpha value is -1.09. The molecular weight excluding hydrogens is 274 g/mol. The van der Waals surface area contributed by atoms with Crippen LogP contribution >= 0.6 is 0 Å². The maximum Gasteiger partial charge on any atom is 0.146 e. The second kappa shape index (κ2) is 4.25. The van der Waals surface area contributed by atoms with Crippen LogP contribution in [0.5, 0.6) is 0 Å². The first-order valence-electron chi connectivity index (χ1n) is 8.71. The summed E-state index contributed by atoms with van der Waals surface area (Å²) >= 11 is 0. The SMILES string of the molecule is CC(=O)[C@]12C=C[C@]13OCC[C@]3(C)CC(N1[C@H](C)CC[C@H]1C)=C2. The van der Waals surface area contributed by atoms with Crippen LogP contribution in [0.1, 0.15) is 53.4 Å². The first-order chi connectivity index (χ1) is 10.4. The summed E-state index contributed by atoms with van der Waals surface area (Å²) in [5.41, 5.74) is 0.496. The van der Waals surface area contributed by atoms with Gasteiger partial charge >= 0.3 is 0 Å². The Balaban J connectivity index is 1.84. The van der Waals surface area contributed by atoms with Crippen LogP contribution in [0.15, 0.2) is 23.9 Å². The molecule has 2 aliphatic heterocycles. The summed E-state index contributed by atoms with van der Waals surface area (Å²) in [6, 6.07) is 1.15. The van der Waals surface area contributed by atoms with Crippen molar-refractivity contribution in [3.63, 3.8) is 0 Å². The lowest BCUT2D eigenvalue weighted by Crippen LogP contribution is -2.65. The van der Waals surface area contributed by atoms with E-state index in [1.165, 1.54) is 18.5 Å². The molecule has 1 spiro atoms. The highest BCUT2D eigenvalue weighted by atomic mass is 16.5. The Bertz CT molecular complexity index is 584. The molecular formula is C19H27NO2. The van der Waals surface area contributed by atoms with Crippen molar-refractivity contribution in [2.75, 3.05) is 6.61 Å². The van der Waals surface area contributed by atoms with E-state index < -0.39 is 5.41 Å². The number of rotatable bonds is 2. The number of carbonyl (C=O) groups excluding carboxylic acids is 1. The van der Waals surface area contributed by atoms with Crippen molar-refractivity contribution in [3.8, 4) is 0 Å². The monoisotopic (exact) mass is 301 g/mol. The second-order valence-electron chi connectivity index (χ2n) is 8.15. The van der Waals surface area contributed by atoms with Crippen molar-refractivity contribution in [1.29, 1.82) is 0 Å². The maximum absolute atomic E-state index is 12.6. The lowest BCUT2D eigenvalue weighted by atomic mass is 9.47. The van der Waals surface area contributed by atoms with Crippen LogP contribution in [-0.2, 0) is 9.53 Å². The molecule has 0 aromatic rings. The summed E-state index contributed by atoms with van der Waals surface area (Å²) in [5, 5.41) is 0. The van der Waals surface area contributed by atoms with Crippen molar-refractivity contribution in [3.05, 3.63) is 23.9 Å². The molecule has 0 amide bonds. The second-order valence-corrected chi connectivity index (χ2v) is 8.15. The Morgan fingerprint density at radius 3 is 2.50 bits per heavy atom. The molecule has 5 atom stereocenters. The van der Waals surface area contributed by atoms with Crippen molar-refractivity contribution < 1.29 is 9.53 Å². The summed E-state index contributed by atoms with van der Waals surface area (Å²) in [5.74, 6) is 0.222. The number of ether oxygens (including phenoxy) is 1. The Morgan fingerprint density at radius 1 is 1.27 bits per heavy atom. The van der Waals surface area contributed by atoms with Crippen LogP contribution in [-0.4, -0.2) is 35.0 Å². The minimum absolute atomic E-state index is 0.0412. The van der Waals surface area contributed by atoms with Gasteiger partial charge in [0.2, 0.25) is 0 Å². The van der Waals surface area contributed by atoms with Gasteiger partial charge in [-0.1, -0.05) is 19.1 Å². The van der Waals surface area contributed by atoms with E-state index >= 15 is 0 Å². The third-order valence-corrected chi connectivity index (χ3v) is 6.91. The number of likely N-dealkylation sites (tertiary alicyclic amines) is 1. The van der Waals surface area contributed by atoms with Gasteiger partial charge in [-0.3, -0.25) is 4.79 Å². The zero-order valence-corrected chi connectivity index (χ0v) is 14.2. The van der Waals surface area contributed by atoms with Crippen LogP contribution in [0.25, 0.3) is 0 Å². The van der Waals surface area contributed by atoms with E-state index in [-0.39, 0.29) is 16.8 Å². The van der Waals surface area contributed by atoms with Crippen LogP contribution in [0.3, 0.4) is 0 Å². The molecule has 2 heterocycles. The number of carbonyl (C=O) groups is 1. The molecule has 0 radical (unpaired) electrons. The fraction of sp³-hybridized carbons (Fsp3) is 0.737. The van der Waals surface area contributed by atoms with E-state index in [4.69, 9.17) is 4.74 Å². The van der Waals surface area contributed by atoms with Gasteiger partial charge in [0.25, 0.3) is 0 Å². The molecule has 0 unspecified atom stereocenters. The summed E-state index contributed by atoms with van der Waals surface area (Å²) in [4.78, 5) is 15.2. The molecule has 3 nitrogen and oxygen atoms in total. The highest BCUT2D eigenvalue weighted by molar-refractivity contribution is 5.91. The quantitative estimate of drug-likeness (QED) is 0.732.